The molecule has 0 fully saturated rings. The summed E-state index contributed by atoms with van der Waals surface area (Å²) in [6.45, 7) is 2.45. The van der Waals surface area contributed by atoms with Gasteiger partial charge in [-0.2, -0.15) is 0 Å². The molecule has 0 aliphatic rings. The highest BCUT2D eigenvalue weighted by Gasteiger charge is 2.02. The van der Waals surface area contributed by atoms with Crippen LogP contribution >= 0.6 is 15.9 Å². The predicted molar refractivity (Wildman–Crippen MR) is 70.9 cm³/mol. The van der Waals surface area contributed by atoms with Crippen LogP contribution in [0.3, 0.4) is 0 Å². The monoisotopic (exact) mass is 300 g/mol. The molecule has 5 heteroatoms. The molecule has 0 aliphatic carbocycles. The van der Waals surface area contributed by atoms with Crippen LogP contribution in [0.5, 0.6) is 0 Å². The Kier molecular flexibility index (Phi) is 6.00. The fraction of sp³-hybridized carbons (Fsp3) is 0.417. The van der Waals surface area contributed by atoms with Gasteiger partial charge in [-0.1, -0.05) is 34.1 Å². The molecular weight excluding hydrogens is 284 g/mol. The van der Waals surface area contributed by atoms with Crippen LogP contribution in [0.2, 0.25) is 0 Å². The van der Waals surface area contributed by atoms with Crippen molar-refractivity contribution in [2.75, 3.05) is 13.1 Å². The summed E-state index contributed by atoms with van der Waals surface area (Å²) in [5.74, 6) is 0. The Labute approximate surface area is 110 Å². The molecule has 0 saturated carbocycles. The first-order valence-corrected chi connectivity index (χ1v) is 6.32. The number of carbonyl (C=O) groups is 1. The van der Waals surface area contributed by atoms with Gasteiger partial charge in [0.05, 0.1) is 6.10 Å². The number of aliphatic hydroxyl groups is 1. The van der Waals surface area contributed by atoms with Gasteiger partial charge in [-0.15, -0.1) is 0 Å². The molecule has 1 unspecified atom stereocenters. The van der Waals surface area contributed by atoms with Crippen molar-refractivity contribution in [3.63, 3.8) is 0 Å². The van der Waals surface area contributed by atoms with Crippen molar-refractivity contribution in [2.45, 2.75) is 19.4 Å². The fourth-order valence-electron chi connectivity index (χ4n) is 1.31. The minimum Gasteiger partial charge on any atom is -0.392 e. The third-order valence-corrected chi connectivity index (χ3v) is 2.97. The van der Waals surface area contributed by atoms with Crippen molar-refractivity contribution in [2.24, 2.45) is 0 Å². The minimum absolute atomic E-state index is 0.252. The smallest absolute Gasteiger partial charge is 0.314 e. The highest BCUT2D eigenvalue weighted by Crippen LogP contribution is 2.15. The zero-order valence-electron chi connectivity index (χ0n) is 9.74. The van der Waals surface area contributed by atoms with Crippen molar-refractivity contribution >= 4 is 22.0 Å². The molecule has 0 bridgehead atoms. The summed E-state index contributed by atoms with van der Waals surface area (Å²) in [6.07, 6.45) is 0.243. The first-order valence-electron chi connectivity index (χ1n) is 5.52. The molecule has 1 aromatic rings. The Morgan fingerprint density at radius 2 is 2.12 bits per heavy atom. The van der Waals surface area contributed by atoms with Gasteiger partial charge >= 0.3 is 6.03 Å². The molecule has 94 valence electrons. The van der Waals surface area contributed by atoms with E-state index in [0.29, 0.717) is 6.54 Å². The van der Waals surface area contributed by atoms with E-state index in [-0.39, 0.29) is 12.6 Å². The molecule has 1 atom stereocenters. The van der Waals surface area contributed by atoms with Crippen LogP contribution in [0, 0.1) is 0 Å². The second-order valence-electron chi connectivity index (χ2n) is 3.83. The lowest BCUT2D eigenvalue weighted by Crippen LogP contribution is -2.39. The number of urea groups is 1. The second kappa shape index (κ2) is 7.29. The second-order valence-corrected chi connectivity index (χ2v) is 4.68. The number of aliphatic hydroxyl groups excluding tert-OH is 1. The van der Waals surface area contributed by atoms with Crippen LogP contribution in [0.4, 0.5) is 4.79 Å². The lowest BCUT2D eigenvalue weighted by molar-refractivity contribution is 0.187. The van der Waals surface area contributed by atoms with Gasteiger partial charge in [0.1, 0.15) is 0 Å². The highest BCUT2D eigenvalue weighted by atomic mass is 79.9. The van der Waals surface area contributed by atoms with Crippen LogP contribution in [-0.2, 0) is 6.42 Å². The Hall–Kier alpha value is -1.07. The number of benzene rings is 1. The lowest BCUT2D eigenvalue weighted by Gasteiger charge is -2.09. The number of rotatable bonds is 5. The number of amides is 2. The minimum atomic E-state index is -0.524. The molecule has 4 nitrogen and oxygen atoms in total. The van der Waals surface area contributed by atoms with E-state index in [2.05, 4.69) is 26.6 Å². The van der Waals surface area contributed by atoms with Gasteiger partial charge in [-0.05, 0) is 25.0 Å². The number of hydrogen-bond donors (Lipinski definition) is 3. The molecule has 0 saturated heterocycles. The van der Waals surface area contributed by atoms with Crippen LogP contribution in [-0.4, -0.2) is 30.3 Å². The molecule has 0 heterocycles. The molecule has 2 amide bonds. The first kappa shape index (κ1) is 14.0. The van der Waals surface area contributed by atoms with E-state index in [9.17, 15) is 4.79 Å². The first-order chi connectivity index (χ1) is 8.09. The van der Waals surface area contributed by atoms with E-state index in [1.807, 2.05) is 24.3 Å². The summed E-state index contributed by atoms with van der Waals surface area (Å²) in [4.78, 5) is 11.3. The van der Waals surface area contributed by atoms with Crippen molar-refractivity contribution < 1.29 is 9.90 Å². The Morgan fingerprint density at radius 3 is 2.76 bits per heavy atom. The van der Waals surface area contributed by atoms with Gasteiger partial charge in [0.2, 0.25) is 0 Å². The number of nitrogens with one attached hydrogen (secondary N) is 2. The summed E-state index contributed by atoms with van der Waals surface area (Å²) in [5.41, 5.74) is 1.16. The molecular formula is C12H17BrN2O2. The number of carbonyl (C=O) groups excluding carboxylic acids is 1. The third-order valence-electron chi connectivity index (χ3n) is 2.20. The molecule has 3 N–H and O–H groups in total. The molecule has 0 aromatic heterocycles. The molecule has 0 spiro atoms. The van der Waals surface area contributed by atoms with E-state index >= 15 is 0 Å². The van der Waals surface area contributed by atoms with Gasteiger partial charge < -0.3 is 15.7 Å². The maximum Gasteiger partial charge on any atom is 0.314 e. The van der Waals surface area contributed by atoms with E-state index in [1.165, 1.54) is 0 Å². The molecule has 17 heavy (non-hydrogen) atoms. The Bertz CT molecular complexity index is 369. The predicted octanol–water partition coefficient (Wildman–Crippen LogP) is 1.67. The average Bonchev–Trinajstić information content (AvgIpc) is 2.29. The lowest BCUT2D eigenvalue weighted by atomic mass is 10.1. The maximum absolute atomic E-state index is 11.3. The van der Waals surface area contributed by atoms with Crippen molar-refractivity contribution in [1.82, 2.24) is 10.6 Å². The summed E-state index contributed by atoms with van der Waals surface area (Å²) in [6, 6.07) is 7.66. The van der Waals surface area contributed by atoms with Gasteiger partial charge in [0.25, 0.3) is 0 Å². The van der Waals surface area contributed by atoms with Crippen LogP contribution in [0.15, 0.2) is 28.7 Å². The quantitative estimate of drug-likeness (QED) is 0.775. The summed E-state index contributed by atoms with van der Waals surface area (Å²) >= 11 is 3.45. The zero-order valence-corrected chi connectivity index (χ0v) is 11.3. The van der Waals surface area contributed by atoms with Crippen LogP contribution in [0.25, 0.3) is 0 Å². The molecule has 0 aliphatic heterocycles. The molecule has 0 radical (unpaired) electrons. The average molecular weight is 301 g/mol. The molecule has 1 rings (SSSR count). The fourth-order valence-corrected chi connectivity index (χ4v) is 1.80. The summed E-state index contributed by atoms with van der Waals surface area (Å²) in [7, 11) is 0. The largest absolute Gasteiger partial charge is 0.392 e. The van der Waals surface area contributed by atoms with Crippen molar-refractivity contribution in [3.8, 4) is 0 Å². The van der Waals surface area contributed by atoms with Gasteiger partial charge in [-0.3, -0.25) is 0 Å². The maximum atomic E-state index is 11.3. The van der Waals surface area contributed by atoms with E-state index in [1.54, 1.807) is 6.92 Å². The van der Waals surface area contributed by atoms with E-state index < -0.39 is 6.10 Å². The normalized spacial score (nSPS) is 11.9. The SMILES string of the molecule is CC(O)CNC(=O)NCCc1ccccc1Br. The van der Waals surface area contributed by atoms with Gasteiger partial charge in [-0.25, -0.2) is 4.79 Å². The summed E-state index contributed by atoms with van der Waals surface area (Å²) < 4.78 is 1.05. The topological polar surface area (TPSA) is 61.4 Å². The van der Waals surface area contributed by atoms with Gasteiger partial charge in [0, 0.05) is 17.6 Å². The third kappa shape index (κ3) is 5.70. The van der Waals surface area contributed by atoms with Crippen LogP contribution < -0.4 is 10.6 Å². The summed E-state index contributed by atoms with van der Waals surface area (Å²) in [5, 5.41) is 14.3. The van der Waals surface area contributed by atoms with Gasteiger partial charge in [0.15, 0.2) is 0 Å². The number of halogens is 1. The molecule has 1 aromatic carbocycles. The van der Waals surface area contributed by atoms with E-state index in [0.717, 1.165) is 16.5 Å². The Morgan fingerprint density at radius 1 is 1.41 bits per heavy atom. The van der Waals surface area contributed by atoms with Crippen molar-refractivity contribution in [3.05, 3.63) is 34.3 Å². The van der Waals surface area contributed by atoms with E-state index in [4.69, 9.17) is 5.11 Å². The standard InChI is InChI=1S/C12H17BrN2O2/c1-9(16)8-15-12(17)14-7-6-10-4-2-3-5-11(10)13/h2-5,9,16H,6-8H2,1H3,(H2,14,15,17). The number of hydrogen-bond acceptors (Lipinski definition) is 2. The van der Waals surface area contributed by atoms with Crippen LogP contribution in [0.1, 0.15) is 12.5 Å². The highest BCUT2D eigenvalue weighted by molar-refractivity contribution is 9.10. The Balaban J connectivity index is 2.24. The van der Waals surface area contributed by atoms with Crippen molar-refractivity contribution in [1.29, 1.82) is 0 Å². The zero-order chi connectivity index (χ0) is 12.7.